The van der Waals surface area contributed by atoms with Crippen molar-refractivity contribution < 1.29 is 4.79 Å². The molecule has 1 fully saturated rings. The van der Waals surface area contributed by atoms with E-state index in [-0.39, 0.29) is 5.91 Å². The highest BCUT2D eigenvalue weighted by molar-refractivity contribution is 9.10. The molecule has 1 aliphatic rings. The monoisotopic (exact) mass is 313 g/mol. The Balaban J connectivity index is 1.62. The van der Waals surface area contributed by atoms with Gasteiger partial charge in [-0.15, -0.1) is 11.8 Å². The normalized spacial score (nSPS) is 14.6. The maximum absolute atomic E-state index is 11.5. The minimum Gasteiger partial charge on any atom is -0.355 e. The third-order valence-electron chi connectivity index (χ3n) is 2.68. The van der Waals surface area contributed by atoms with Crippen molar-refractivity contribution in [2.24, 2.45) is 5.92 Å². The van der Waals surface area contributed by atoms with E-state index in [1.165, 1.54) is 18.4 Å². The Hall–Kier alpha value is -0.480. The molecule has 2 nitrogen and oxygen atoms in total. The zero-order valence-corrected chi connectivity index (χ0v) is 12.0. The van der Waals surface area contributed by atoms with Crippen LogP contribution in [0.2, 0.25) is 0 Å². The number of amides is 1. The molecule has 0 unspecified atom stereocenters. The molecule has 1 saturated carbocycles. The Kier molecular flexibility index (Phi) is 4.92. The molecule has 0 heterocycles. The molecule has 1 N–H and O–H groups in total. The van der Waals surface area contributed by atoms with Gasteiger partial charge in [0.25, 0.3) is 0 Å². The summed E-state index contributed by atoms with van der Waals surface area (Å²) >= 11 is 5.10. The number of carbonyl (C=O) groups excluding carboxylic acids is 1. The summed E-state index contributed by atoms with van der Waals surface area (Å²) in [5.74, 6) is 2.36. The summed E-state index contributed by atoms with van der Waals surface area (Å²) in [7, 11) is 0. The number of hydrogen-bond acceptors (Lipinski definition) is 2. The van der Waals surface area contributed by atoms with Crippen molar-refractivity contribution in [3.63, 3.8) is 0 Å². The number of halogens is 1. The molecule has 1 amide bonds. The summed E-state index contributed by atoms with van der Waals surface area (Å²) in [6.07, 6.45) is 2.57. The lowest BCUT2D eigenvalue weighted by Gasteiger charge is -2.04. The van der Waals surface area contributed by atoms with Crippen molar-refractivity contribution in [3.8, 4) is 0 Å². The quantitative estimate of drug-likeness (QED) is 0.873. The summed E-state index contributed by atoms with van der Waals surface area (Å²) in [6.45, 7) is 0.871. The summed E-state index contributed by atoms with van der Waals surface area (Å²) in [5, 5.41) is 2.97. The highest BCUT2D eigenvalue weighted by atomic mass is 79.9. The summed E-state index contributed by atoms with van der Waals surface area (Å²) in [5.41, 5.74) is 1.25. The fourth-order valence-electron chi connectivity index (χ4n) is 1.52. The van der Waals surface area contributed by atoms with E-state index in [4.69, 9.17) is 0 Å². The smallest absolute Gasteiger partial charge is 0.230 e. The van der Waals surface area contributed by atoms with E-state index in [2.05, 4.69) is 33.4 Å². The van der Waals surface area contributed by atoms with Crippen LogP contribution in [-0.4, -0.2) is 18.2 Å². The van der Waals surface area contributed by atoms with Crippen LogP contribution >= 0.6 is 27.7 Å². The van der Waals surface area contributed by atoms with Crippen molar-refractivity contribution in [1.29, 1.82) is 0 Å². The van der Waals surface area contributed by atoms with Crippen LogP contribution < -0.4 is 5.32 Å². The molecular formula is C13H16BrNOS. The second-order valence-corrected chi connectivity index (χ2v) is 6.27. The number of hydrogen-bond donors (Lipinski definition) is 1. The lowest BCUT2D eigenvalue weighted by atomic mass is 10.2. The van der Waals surface area contributed by atoms with Crippen molar-refractivity contribution in [2.45, 2.75) is 18.6 Å². The largest absolute Gasteiger partial charge is 0.355 e. The van der Waals surface area contributed by atoms with E-state index in [1.54, 1.807) is 11.8 Å². The molecule has 1 aromatic carbocycles. The minimum absolute atomic E-state index is 0.164. The minimum atomic E-state index is 0.164. The first-order valence-corrected chi connectivity index (χ1v) is 7.77. The standard InChI is InChI=1S/C13H16BrNOS/c14-12-3-1-2-11(6-12)8-17-9-13(16)15-7-10-4-5-10/h1-3,6,10H,4-5,7-9H2,(H,15,16). The highest BCUT2D eigenvalue weighted by Crippen LogP contribution is 2.27. The van der Waals surface area contributed by atoms with E-state index < -0.39 is 0 Å². The molecule has 4 heteroatoms. The lowest BCUT2D eigenvalue weighted by molar-refractivity contribution is -0.118. The molecule has 2 rings (SSSR count). The van der Waals surface area contributed by atoms with Crippen LogP contribution in [0.15, 0.2) is 28.7 Å². The van der Waals surface area contributed by atoms with Gasteiger partial charge in [0.2, 0.25) is 5.91 Å². The van der Waals surface area contributed by atoms with Crippen LogP contribution in [0.3, 0.4) is 0 Å². The first kappa shape index (κ1) is 13.0. The Morgan fingerprint density at radius 1 is 1.47 bits per heavy atom. The van der Waals surface area contributed by atoms with Crippen LogP contribution in [0.4, 0.5) is 0 Å². The van der Waals surface area contributed by atoms with Crippen molar-refractivity contribution >= 4 is 33.6 Å². The van der Waals surface area contributed by atoms with Crippen LogP contribution in [0.5, 0.6) is 0 Å². The van der Waals surface area contributed by atoms with E-state index >= 15 is 0 Å². The summed E-state index contributed by atoms with van der Waals surface area (Å²) in [4.78, 5) is 11.5. The van der Waals surface area contributed by atoms with Gasteiger partial charge in [-0.1, -0.05) is 28.1 Å². The SMILES string of the molecule is O=C(CSCc1cccc(Br)c1)NCC1CC1. The predicted molar refractivity (Wildman–Crippen MR) is 76.0 cm³/mol. The Morgan fingerprint density at radius 3 is 3.00 bits per heavy atom. The van der Waals surface area contributed by atoms with E-state index in [0.717, 1.165) is 22.7 Å². The van der Waals surface area contributed by atoms with Crippen LogP contribution in [0.1, 0.15) is 18.4 Å². The average molecular weight is 314 g/mol. The first-order chi connectivity index (χ1) is 8.24. The Bertz CT molecular complexity index is 393. The van der Waals surface area contributed by atoms with Crippen molar-refractivity contribution in [3.05, 3.63) is 34.3 Å². The second kappa shape index (κ2) is 6.45. The van der Waals surface area contributed by atoms with Gasteiger partial charge in [0.15, 0.2) is 0 Å². The number of thioether (sulfide) groups is 1. The third-order valence-corrected chi connectivity index (χ3v) is 4.17. The molecule has 0 atom stereocenters. The van der Waals surface area contributed by atoms with Crippen LogP contribution in [0, 0.1) is 5.92 Å². The number of carbonyl (C=O) groups is 1. The van der Waals surface area contributed by atoms with Gasteiger partial charge in [-0.2, -0.15) is 0 Å². The molecule has 17 heavy (non-hydrogen) atoms. The molecule has 0 aliphatic heterocycles. The topological polar surface area (TPSA) is 29.1 Å². The highest BCUT2D eigenvalue weighted by Gasteiger charge is 2.21. The molecular weight excluding hydrogens is 298 g/mol. The van der Waals surface area contributed by atoms with Gasteiger partial charge in [-0.25, -0.2) is 0 Å². The van der Waals surface area contributed by atoms with Gasteiger partial charge >= 0.3 is 0 Å². The molecule has 92 valence electrons. The van der Waals surface area contributed by atoms with Gasteiger partial charge < -0.3 is 5.32 Å². The van der Waals surface area contributed by atoms with Crippen molar-refractivity contribution in [1.82, 2.24) is 5.32 Å². The van der Waals surface area contributed by atoms with E-state index in [0.29, 0.717) is 5.75 Å². The number of rotatable bonds is 6. The van der Waals surface area contributed by atoms with Gasteiger partial charge in [0, 0.05) is 16.8 Å². The van der Waals surface area contributed by atoms with Crippen molar-refractivity contribution in [2.75, 3.05) is 12.3 Å². The van der Waals surface area contributed by atoms with Gasteiger partial charge in [-0.05, 0) is 36.5 Å². The molecule has 1 aromatic rings. The van der Waals surface area contributed by atoms with Gasteiger partial charge in [-0.3, -0.25) is 4.79 Å². The molecule has 0 spiro atoms. The maximum Gasteiger partial charge on any atom is 0.230 e. The van der Waals surface area contributed by atoms with Crippen LogP contribution in [-0.2, 0) is 10.5 Å². The Morgan fingerprint density at radius 2 is 2.29 bits per heavy atom. The molecule has 0 aromatic heterocycles. The molecule has 0 saturated heterocycles. The maximum atomic E-state index is 11.5. The first-order valence-electron chi connectivity index (χ1n) is 5.83. The lowest BCUT2D eigenvalue weighted by Crippen LogP contribution is -2.27. The summed E-state index contributed by atoms with van der Waals surface area (Å²) < 4.78 is 1.09. The average Bonchev–Trinajstić information content (AvgIpc) is 3.10. The number of benzene rings is 1. The zero-order valence-electron chi connectivity index (χ0n) is 9.62. The second-order valence-electron chi connectivity index (χ2n) is 4.37. The molecule has 0 radical (unpaired) electrons. The predicted octanol–water partition coefficient (Wildman–Crippen LogP) is 3.21. The van der Waals surface area contributed by atoms with Gasteiger partial charge in [0.1, 0.15) is 0 Å². The molecule has 1 aliphatic carbocycles. The fraction of sp³-hybridized carbons (Fsp3) is 0.462. The van der Waals surface area contributed by atoms with Crippen LogP contribution in [0.25, 0.3) is 0 Å². The zero-order chi connectivity index (χ0) is 12.1. The number of nitrogens with one attached hydrogen (secondary N) is 1. The molecule has 0 bridgehead atoms. The summed E-state index contributed by atoms with van der Waals surface area (Å²) in [6, 6.07) is 8.21. The third kappa shape index (κ3) is 5.13. The Labute approximate surface area is 115 Å². The van der Waals surface area contributed by atoms with E-state index in [9.17, 15) is 4.79 Å². The van der Waals surface area contributed by atoms with E-state index in [1.807, 2.05) is 12.1 Å². The van der Waals surface area contributed by atoms with Gasteiger partial charge in [0.05, 0.1) is 5.75 Å². The fourth-order valence-corrected chi connectivity index (χ4v) is 2.77.